The molecule has 1 aliphatic carbocycles. The lowest BCUT2D eigenvalue weighted by molar-refractivity contribution is -0.147. The maximum atomic E-state index is 11.5. The first-order valence-electron chi connectivity index (χ1n) is 6.08. The van der Waals surface area contributed by atoms with E-state index in [0.29, 0.717) is 18.5 Å². The number of thiazole rings is 1. The van der Waals surface area contributed by atoms with Gasteiger partial charge in [-0.3, -0.25) is 4.79 Å². The second kappa shape index (κ2) is 4.72. The molecule has 0 atom stereocenters. The molecule has 0 saturated heterocycles. The summed E-state index contributed by atoms with van der Waals surface area (Å²) in [6, 6.07) is 7.86. The zero-order valence-electron chi connectivity index (χ0n) is 10.1. The van der Waals surface area contributed by atoms with Crippen LogP contribution in [0, 0.1) is 0 Å². The number of carboxylic acid groups (broad SMARTS) is 1. The van der Waals surface area contributed by atoms with Gasteiger partial charge >= 0.3 is 5.97 Å². The van der Waals surface area contributed by atoms with Crippen LogP contribution in [0.25, 0.3) is 10.6 Å². The van der Waals surface area contributed by atoms with Crippen LogP contribution < -0.4 is 0 Å². The first-order chi connectivity index (χ1) is 9.13. The van der Waals surface area contributed by atoms with Crippen LogP contribution in [0.4, 0.5) is 0 Å². The van der Waals surface area contributed by atoms with E-state index in [1.807, 2.05) is 29.6 Å². The van der Waals surface area contributed by atoms with Crippen molar-refractivity contribution in [1.82, 2.24) is 4.98 Å². The van der Waals surface area contributed by atoms with Gasteiger partial charge in [0, 0.05) is 15.4 Å². The third-order valence-corrected chi connectivity index (χ3v) is 5.28. The van der Waals surface area contributed by atoms with E-state index in [4.69, 9.17) is 0 Å². The molecule has 3 rings (SSSR count). The summed E-state index contributed by atoms with van der Waals surface area (Å²) in [6.07, 6.45) is 2.36. The molecule has 0 spiro atoms. The normalized spacial score (nSPS) is 16.9. The zero-order valence-corrected chi connectivity index (χ0v) is 12.5. The quantitative estimate of drug-likeness (QED) is 0.917. The van der Waals surface area contributed by atoms with Gasteiger partial charge in [0.1, 0.15) is 10.4 Å². The summed E-state index contributed by atoms with van der Waals surface area (Å²) in [5.41, 5.74) is 0.983. The van der Waals surface area contributed by atoms with Gasteiger partial charge in [0.05, 0.1) is 5.69 Å². The van der Waals surface area contributed by atoms with Crippen LogP contribution in [0.3, 0.4) is 0 Å². The fraction of sp³-hybridized carbons (Fsp3) is 0.286. The predicted molar refractivity (Wildman–Crippen MR) is 78.4 cm³/mol. The predicted octanol–water partition coefficient (Wildman–Crippen LogP) is 4.08. The molecule has 98 valence electrons. The Morgan fingerprint density at radius 3 is 2.68 bits per heavy atom. The van der Waals surface area contributed by atoms with Crippen molar-refractivity contribution in [2.45, 2.75) is 24.7 Å². The summed E-state index contributed by atoms with van der Waals surface area (Å²) < 4.78 is 0.980. The van der Waals surface area contributed by atoms with E-state index in [9.17, 15) is 9.90 Å². The van der Waals surface area contributed by atoms with Gasteiger partial charge in [-0.2, -0.15) is 0 Å². The second-order valence-electron chi connectivity index (χ2n) is 4.76. The molecule has 1 aromatic heterocycles. The van der Waals surface area contributed by atoms with E-state index in [-0.39, 0.29) is 0 Å². The summed E-state index contributed by atoms with van der Waals surface area (Å²) in [7, 11) is 0. The molecule has 0 amide bonds. The topological polar surface area (TPSA) is 50.2 Å². The maximum Gasteiger partial charge on any atom is 0.315 e. The standard InChI is InChI=1S/C14H12BrNO2S/c15-10-5-2-1-4-9(10)12-16-11(8-19-12)14(13(17)18)6-3-7-14/h1-2,4-5,8H,3,6-7H2,(H,17,18). The number of aromatic nitrogens is 1. The Kier molecular flexibility index (Phi) is 3.19. The summed E-state index contributed by atoms with van der Waals surface area (Å²) in [5, 5.41) is 12.2. The number of aliphatic carboxylic acids is 1. The van der Waals surface area contributed by atoms with Crippen molar-refractivity contribution in [3.05, 3.63) is 39.8 Å². The largest absolute Gasteiger partial charge is 0.481 e. The lowest BCUT2D eigenvalue weighted by Crippen LogP contribution is -2.42. The summed E-state index contributed by atoms with van der Waals surface area (Å²) in [4.78, 5) is 16.0. The Morgan fingerprint density at radius 2 is 2.11 bits per heavy atom. The first kappa shape index (κ1) is 12.8. The zero-order chi connectivity index (χ0) is 13.5. The second-order valence-corrected chi connectivity index (χ2v) is 6.47. The first-order valence-corrected chi connectivity index (χ1v) is 7.75. The number of hydrogen-bond donors (Lipinski definition) is 1. The molecule has 5 heteroatoms. The Balaban J connectivity index is 2.01. The van der Waals surface area contributed by atoms with Gasteiger partial charge < -0.3 is 5.11 Å². The number of rotatable bonds is 3. The van der Waals surface area contributed by atoms with Crippen LogP contribution in [0.1, 0.15) is 25.0 Å². The van der Waals surface area contributed by atoms with Crippen molar-refractivity contribution >= 4 is 33.2 Å². The number of hydrogen-bond acceptors (Lipinski definition) is 3. The molecule has 1 fully saturated rings. The highest BCUT2D eigenvalue weighted by atomic mass is 79.9. The molecule has 19 heavy (non-hydrogen) atoms. The van der Waals surface area contributed by atoms with Gasteiger partial charge in [-0.25, -0.2) is 4.98 Å². The highest BCUT2D eigenvalue weighted by Gasteiger charge is 2.47. The van der Waals surface area contributed by atoms with E-state index in [2.05, 4.69) is 20.9 Å². The Labute approximate surface area is 123 Å². The van der Waals surface area contributed by atoms with E-state index >= 15 is 0 Å². The van der Waals surface area contributed by atoms with Crippen molar-refractivity contribution in [1.29, 1.82) is 0 Å². The minimum atomic E-state index is -0.747. The molecule has 0 radical (unpaired) electrons. The van der Waals surface area contributed by atoms with Crippen LogP contribution >= 0.6 is 27.3 Å². The third-order valence-electron chi connectivity index (χ3n) is 3.72. The van der Waals surface area contributed by atoms with E-state index in [1.165, 1.54) is 11.3 Å². The molecule has 1 aromatic carbocycles. The average Bonchev–Trinajstić information content (AvgIpc) is 2.77. The Bertz CT molecular complexity index is 634. The lowest BCUT2D eigenvalue weighted by atomic mass is 9.67. The molecule has 1 aliphatic rings. The smallest absolute Gasteiger partial charge is 0.315 e. The van der Waals surface area contributed by atoms with Crippen molar-refractivity contribution < 1.29 is 9.90 Å². The maximum absolute atomic E-state index is 11.5. The van der Waals surface area contributed by atoms with Gasteiger partial charge in [-0.15, -0.1) is 11.3 Å². The number of benzene rings is 1. The molecule has 2 aromatic rings. The van der Waals surface area contributed by atoms with Crippen LogP contribution in [-0.4, -0.2) is 16.1 Å². The summed E-state index contributed by atoms with van der Waals surface area (Å²) >= 11 is 5.01. The van der Waals surface area contributed by atoms with Crippen molar-refractivity contribution in [2.75, 3.05) is 0 Å². The number of carboxylic acids is 1. The van der Waals surface area contributed by atoms with Crippen LogP contribution in [-0.2, 0) is 10.2 Å². The highest BCUT2D eigenvalue weighted by molar-refractivity contribution is 9.10. The van der Waals surface area contributed by atoms with Crippen LogP contribution in [0.15, 0.2) is 34.1 Å². The minimum absolute atomic E-state index is 0.696. The molecular formula is C14H12BrNO2S. The van der Waals surface area contributed by atoms with E-state index in [1.54, 1.807) is 0 Å². The van der Waals surface area contributed by atoms with E-state index in [0.717, 1.165) is 21.5 Å². The fourth-order valence-electron chi connectivity index (χ4n) is 2.36. The van der Waals surface area contributed by atoms with Crippen LogP contribution in [0.2, 0.25) is 0 Å². The Hall–Kier alpha value is -1.20. The van der Waals surface area contributed by atoms with Gasteiger partial charge in [-0.1, -0.05) is 40.5 Å². The minimum Gasteiger partial charge on any atom is -0.481 e. The van der Waals surface area contributed by atoms with Crippen molar-refractivity contribution in [3.63, 3.8) is 0 Å². The molecule has 1 N–H and O–H groups in total. The average molecular weight is 338 g/mol. The van der Waals surface area contributed by atoms with Crippen molar-refractivity contribution in [2.24, 2.45) is 0 Å². The molecule has 0 bridgehead atoms. The molecule has 1 heterocycles. The Morgan fingerprint density at radius 1 is 1.37 bits per heavy atom. The van der Waals surface area contributed by atoms with Crippen LogP contribution in [0.5, 0.6) is 0 Å². The molecule has 3 nitrogen and oxygen atoms in total. The van der Waals surface area contributed by atoms with Crippen molar-refractivity contribution in [3.8, 4) is 10.6 Å². The molecule has 0 aliphatic heterocycles. The van der Waals surface area contributed by atoms with Gasteiger partial charge in [-0.05, 0) is 18.9 Å². The SMILES string of the molecule is O=C(O)C1(c2csc(-c3ccccc3Br)n2)CCC1. The summed E-state index contributed by atoms with van der Waals surface area (Å²) in [5.74, 6) is -0.747. The highest BCUT2D eigenvalue weighted by Crippen LogP contribution is 2.45. The monoisotopic (exact) mass is 337 g/mol. The summed E-state index contributed by atoms with van der Waals surface area (Å²) in [6.45, 7) is 0. The molecular weight excluding hydrogens is 326 g/mol. The fourth-order valence-corrected chi connectivity index (χ4v) is 3.92. The number of halogens is 1. The number of nitrogens with zero attached hydrogens (tertiary/aromatic N) is 1. The van der Waals surface area contributed by atoms with E-state index < -0.39 is 11.4 Å². The van der Waals surface area contributed by atoms with Gasteiger partial charge in [0.2, 0.25) is 0 Å². The number of carbonyl (C=O) groups is 1. The van der Waals surface area contributed by atoms with Gasteiger partial charge in [0.15, 0.2) is 0 Å². The third kappa shape index (κ3) is 2.01. The van der Waals surface area contributed by atoms with Gasteiger partial charge in [0.25, 0.3) is 0 Å². The molecule has 0 unspecified atom stereocenters. The molecule has 1 saturated carbocycles. The lowest BCUT2D eigenvalue weighted by Gasteiger charge is -2.35.